The summed E-state index contributed by atoms with van der Waals surface area (Å²) < 4.78 is 0. The molecule has 5 nitrogen and oxygen atoms in total. The van der Waals surface area contributed by atoms with Gasteiger partial charge in [-0.15, -0.1) is 11.8 Å². The summed E-state index contributed by atoms with van der Waals surface area (Å²) >= 11 is 0. The van der Waals surface area contributed by atoms with Crippen molar-refractivity contribution in [3.05, 3.63) is 24.3 Å². The highest BCUT2D eigenvalue weighted by Crippen LogP contribution is 2.36. The average Bonchev–Trinajstić information content (AvgIpc) is 2.82. The average molecular weight is 350 g/mol. The largest absolute Gasteiger partial charge is 0.481 e. The van der Waals surface area contributed by atoms with Gasteiger partial charge in [0.15, 0.2) is 0 Å². The van der Waals surface area contributed by atoms with Gasteiger partial charge in [0.1, 0.15) is 0 Å². The van der Waals surface area contributed by atoms with Gasteiger partial charge in [0.25, 0.3) is 0 Å². The van der Waals surface area contributed by atoms with E-state index in [9.17, 15) is 20.1 Å². The summed E-state index contributed by atoms with van der Waals surface area (Å²) in [5, 5.41) is 38.8. The number of aliphatic carboxylic acids is 1. The molecule has 0 aliphatic heterocycles. The van der Waals surface area contributed by atoms with Crippen LogP contribution >= 0.6 is 0 Å². The fourth-order valence-corrected chi connectivity index (χ4v) is 3.15. The number of aliphatic hydroxyl groups excluding tert-OH is 3. The summed E-state index contributed by atoms with van der Waals surface area (Å²) in [4.78, 5) is 10.5. The van der Waals surface area contributed by atoms with Gasteiger partial charge in [0.2, 0.25) is 0 Å². The van der Waals surface area contributed by atoms with Crippen LogP contribution < -0.4 is 0 Å². The van der Waals surface area contributed by atoms with Gasteiger partial charge in [-0.2, -0.15) is 0 Å². The van der Waals surface area contributed by atoms with Crippen LogP contribution in [0.5, 0.6) is 0 Å². The summed E-state index contributed by atoms with van der Waals surface area (Å²) in [6, 6.07) is 0. The van der Waals surface area contributed by atoms with Gasteiger partial charge in [-0.05, 0) is 38.5 Å². The van der Waals surface area contributed by atoms with Crippen molar-refractivity contribution >= 4 is 5.97 Å². The molecule has 0 aromatic carbocycles. The Morgan fingerprint density at radius 2 is 2.04 bits per heavy atom. The first-order valence-electron chi connectivity index (χ1n) is 8.94. The van der Waals surface area contributed by atoms with Crippen molar-refractivity contribution in [2.75, 3.05) is 0 Å². The molecule has 0 bridgehead atoms. The molecular weight excluding hydrogens is 320 g/mol. The number of carboxylic acids is 1. The third-order valence-corrected chi connectivity index (χ3v) is 4.55. The molecule has 0 amide bonds. The molecule has 0 spiro atoms. The van der Waals surface area contributed by atoms with Crippen LogP contribution in [0.4, 0.5) is 0 Å². The number of aliphatic hydroxyl groups is 3. The van der Waals surface area contributed by atoms with Crippen molar-refractivity contribution in [1.82, 2.24) is 0 Å². The Kier molecular flexibility index (Phi) is 10.2. The van der Waals surface area contributed by atoms with Crippen LogP contribution in [0, 0.1) is 23.7 Å². The monoisotopic (exact) mass is 350 g/mol. The van der Waals surface area contributed by atoms with Crippen LogP contribution in [0.2, 0.25) is 0 Å². The van der Waals surface area contributed by atoms with Gasteiger partial charge in [0.05, 0.1) is 18.3 Å². The Morgan fingerprint density at radius 1 is 1.28 bits per heavy atom. The predicted molar refractivity (Wildman–Crippen MR) is 96.7 cm³/mol. The van der Waals surface area contributed by atoms with Gasteiger partial charge in [-0.25, -0.2) is 0 Å². The van der Waals surface area contributed by atoms with Gasteiger partial charge in [-0.3, -0.25) is 4.79 Å². The first kappa shape index (κ1) is 21.4. The molecule has 1 rings (SSSR count). The van der Waals surface area contributed by atoms with Crippen LogP contribution in [0.25, 0.3) is 0 Å². The summed E-state index contributed by atoms with van der Waals surface area (Å²) in [5.41, 5.74) is 0. The van der Waals surface area contributed by atoms with E-state index in [0.29, 0.717) is 38.5 Å². The van der Waals surface area contributed by atoms with Crippen molar-refractivity contribution in [1.29, 1.82) is 0 Å². The van der Waals surface area contributed by atoms with E-state index in [1.165, 1.54) is 0 Å². The van der Waals surface area contributed by atoms with E-state index in [-0.39, 0.29) is 18.3 Å². The number of unbranched alkanes of at least 4 members (excludes halogenated alkanes) is 1. The lowest BCUT2D eigenvalue weighted by Gasteiger charge is -2.19. The zero-order valence-corrected chi connectivity index (χ0v) is 14.8. The Morgan fingerprint density at radius 3 is 2.72 bits per heavy atom. The summed E-state index contributed by atoms with van der Waals surface area (Å²) in [5.74, 6) is 4.61. The van der Waals surface area contributed by atoms with E-state index < -0.39 is 24.3 Å². The topological polar surface area (TPSA) is 98.0 Å². The van der Waals surface area contributed by atoms with Crippen LogP contribution in [0.15, 0.2) is 24.3 Å². The molecule has 25 heavy (non-hydrogen) atoms. The van der Waals surface area contributed by atoms with E-state index in [0.717, 1.165) is 0 Å². The molecule has 140 valence electrons. The molecule has 4 N–H and O–H groups in total. The number of allylic oxidation sites excluding steroid dienone is 2. The van der Waals surface area contributed by atoms with Gasteiger partial charge >= 0.3 is 5.97 Å². The highest BCUT2D eigenvalue weighted by atomic mass is 16.4. The second-order valence-electron chi connectivity index (χ2n) is 6.52. The Labute approximate surface area is 150 Å². The third kappa shape index (κ3) is 8.35. The van der Waals surface area contributed by atoms with E-state index in [1.807, 2.05) is 18.2 Å². The molecule has 0 aromatic rings. The highest BCUT2D eigenvalue weighted by molar-refractivity contribution is 5.66. The lowest BCUT2D eigenvalue weighted by Crippen LogP contribution is -2.20. The number of rotatable bonds is 10. The van der Waals surface area contributed by atoms with Crippen molar-refractivity contribution < 1.29 is 25.2 Å². The SMILES string of the molecule is CC#CCC[C@H](O)/C=C/[C@@H]1[C@@H](C/C=C\CCCC(=O)O)[C@@H](O)C[C@H]1O. The standard InChI is InChI=1S/C20H30O5/c1-2-3-6-9-15(21)12-13-17-16(18(22)14-19(17)23)10-7-4-5-8-11-20(24)25/h4,7,12-13,15-19,21-23H,5-6,8-11,14H2,1H3,(H,24,25)/b7-4-,13-12+/t15-,16+,17+,18-,19+/m0/s1. The Bertz CT molecular complexity index is 514. The molecule has 1 aliphatic carbocycles. The fraction of sp³-hybridized carbons (Fsp3) is 0.650. The number of carboxylic acid groups (broad SMARTS) is 1. The normalized spacial score (nSPS) is 27.5. The van der Waals surface area contributed by atoms with Crippen LogP contribution in [0.1, 0.15) is 51.9 Å². The van der Waals surface area contributed by atoms with Gasteiger partial charge in [0, 0.05) is 25.2 Å². The molecular formula is C20H30O5. The maximum absolute atomic E-state index is 10.5. The fourth-order valence-electron chi connectivity index (χ4n) is 3.15. The van der Waals surface area contributed by atoms with Crippen molar-refractivity contribution in [2.24, 2.45) is 11.8 Å². The van der Waals surface area contributed by atoms with Gasteiger partial charge in [-0.1, -0.05) is 24.3 Å². The summed E-state index contributed by atoms with van der Waals surface area (Å²) in [6.45, 7) is 1.76. The van der Waals surface area contributed by atoms with Crippen molar-refractivity contribution in [3.63, 3.8) is 0 Å². The molecule has 0 heterocycles. The number of hydrogen-bond donors (Lipinski definition) is 4. The first-order chi connectivity index (χ1) is 12.0. The maximum atomic E-state index is 10.5. The molecule has 5 atom stereocenters. The molecule has 5 heteroatoms. The third-order valence-electron chi connectivity index (χ3n) is 4.55. The minimum Gasteiger partial charge on any atom is -0.481 e. The lowest BCUT2D eigenvalue weighted by molar-refractivity contribution is -0.137. The Hall–Kier alpha value is -1.61. The molecule has 1 fully saturated rings. The van der Waals surface area contributed by atoms with E-state index in [1.54, 1.807) is 13.0 Å². The second kappa shape index (κ2) is 11.9. The first-order valence-corrected chi connectivity index (χ1v) is 8.94. The van der Waals surface area contributed by atoms with E-state index in [2.05, 4.69) is 11.8 Å². The van der Waals surface area contributed by atoms with Crippen LogP contribution in [0.3, 0.4) is 0 Å². The van der Waals surface area contributed by atoms with E-state index >= 15 is 0 Å². The number of hydrogen-bond acceptors (Lipinski definition) is 4. The minimum absolute atomic E-state index is 0.0930. The van der Waals surface area contributed by atoms with E-state index in [4.69, 9.17) is 5.11 Å². The summed E-state index contributed by atoms with van der Waals surface area (Å²) in [6.07, 6.45) is 9.17. The molecule has 0 aromatic heterocycles. The quantitative estimate of drug-likeness (QED) is 0.275. The van der Waals surface area contributed by atoms with Gasteiger partial charge < -0.3 is 20.4 Å². The second-order valence-corrected chi connectivity index (χ2v) is 6.52. The van der Waals surface area contributed by atoms with Crippen molar-refractivity contribution in [3.8, 4) is 11.8 Å². The lowest BCUT2D eigenvalue weighted by atomic mass is 9.89. The zero-order chi connectivity index (χ0) is 18.7. The van der Waals surface area contributed by atoms with Crippen LogP contribution in [-0.4, -0.2) is 44.7 Å². The highest BCUT2D eigenvalue weighted by Gasteiger charge is 2.39. The van der Waals surface area contributed by atoms with Crippen molar-refractivity contribution in [2.45, 2.75) is 70.2 Å². The predicted octanol–water partition coefficient (Wildman–Crippen LogP) is 2.27. The maximum Gasteiger partial charge on any atom is 0.303 e. The smallest absolute Gasteiger partial charge is 0.303 e. The zero-order valence-electron chi connectivity index (χ0n) is 14.8. The molecule has 1 aliphatic rings. The van der Waals surface area contributed by atoms with Crippen LogP contribution in [-0.2, 0) is 4.79 Å². The Balaban J connectivity index is 2.50. The number of carbonyl (C=O) groups is 1. The molecule has 0 unspecified atom stereocenters. The summed E-state index contributed by atoms with van der Waals surface area (Å²) in [7, 11) is 0. The molecule has 0 radical (unpaired) electrons. The molecule has 0 saturated heterocycles. The minimum atomic E-state index is -0.795. The molecule has 1 saturated carbocycles.